The number of carbonyl (C=O) groups excluding carboxylic acids is 2. The van der Waals surface area contributed by atoms with Gasteiger partial charge in [0.2, 0.25) is 0 Å². The number of urea groups is 1. The van der Waals surface area contributed by atoms with Crippen molar-refractivity contribution < 1.29 is 19.4 Å². The highest BCUT2D eigenvalue weighted by molar-refractivity contribution is 5.92. The van der Waals surface area contributed by atoms with Gasteiger partial charge in [0.15, 0.2) is 0 Å². The Kier molecular flexibility index (Phi) is 5.71. The van der Waals surface area contributed by atoms with Crippen LogP contribution in [0.5, 0.6) is 0 Å². The van der Waals surface area contributed by atoms with E-state index in [4.69, 9.17) is 4.74 Å². The number of aliphatic hydroxyl groups is 1. The van der Waals surface area contributed by atoms with Crippen LogP contribution >= 0.6 is 0 Å². The molecule has 1 fully saturated rings. The van der Waals surface area contributed by atoms with Crippen LogP contribution in [0, 0.1) is 12.3 Å². The van der Waals surface area contributed by atoms with Crippen LogP contribution in [0.2, 0.25) is 0 Å². The number of hydrogen-bond donors (Lipinski definition) is 4. The molecule has 0 unspecified atom stereocenters. The predicted molar refractivity (Wildman–Crippen MR) is 111 cm³/mol. The summed E-state index contributed by atoms with van der Waals surface area (Å²) in [5.41, 5.74) is -0.507. The second-order valence-electron chi connectivity index (χ2n) is 8.69. The maximum atomic E-state index is 12.3. The van der Waals surface area contributed by atoms with Gasteiger partial charge in [0.1, 0.15) is 11.4 Å². The highest BCUT2D eigenvalue weighted by Crippen LogP contribution is 2.30. The van der Waals surface area contributed by atoms with E-state index in [2.05, 4.69) is 20.6 Å². The van der Waals surface area contributed by atoms with Gasteiger partial charge in [0.05, 0.1) is 17.5 Å². The lowest BCUT2D eigenvalue weighted by atomic mass is 9.81. The maximum absolute atomic E-state index is 12.3. The molecule has 3 rings (SSSR count). The highest BCUT2D eigenvalue weighted by atomic mass is 16.6. The predicted octanol–water partition coefficient (Wildman–Crippen LogP) is 1.58. The first-order valence-electron chi connectivity index (χ1n) is 9.65. The number of benzene rings is 1. The summed E-state index contributed by atoms with van der Waals surface area (Å²) in [7, 11) is 0. The molecule has 10 nitrogen and oxygen atoms in total. The summed E-state index contributed by atoms with van der Waals surface area (Å²) in [6, 6.07) is 4.39. The van der Waals surface area contributed by atoms with Gasteiger partial charge >= 0.3 is 12.1 Å². The average molecular weight is 417 g/mol. The van der Waals surface area contributed by atoms with Crippen molar-refractivity contribution in [1.82, 2.24) is 20.2 Å². The van der Waals surface area contributed by atoms with Crippen molar-refractivity contribution in [2.75, 3.05) is 31.6 Å². The van der Waals surface area contributed by atoms with Crippen LogP contribution in [0.15, 0.2) is 23.0 Å². The number of nitrogens with zero attached hydrogens (tertiary/aromatic N) is 2. The number of hydrogen-bond acceptors (Lipinski definition) is 6. The first kappa shape index (κ1) is 21.6. The molecule has 1 saturated heterocycles. The first-order valence-corrected chi connectivity index (χ1v) is 9.65. The third-order valence-electron chi connectivity index (χ3n) is 4.75. The summed E-state index contributed by atoms with van der Waals surface area (Å²) >= 11 is 0. The van der Waals surface area contributed by atoms with Crippen molar-refractivity contribution in [3.05, 3.63) is 34.4 Å². The van der Waals surface area contributed by atoms with Crippen LogP contribution in [0.25, 0.3) is 10.9 Å². The number of ether oxygens (including phenoxy) is 1. The quantitative estimate of drug-likeness (QED) is 0.596. The number of aromatic amines is 1. The number of likely N-dealkylation sites (tertiary alicyclic amines) is 1. The number of rotatable bonds is 4. The SMILES string of the molecule is Cc1nc2ccc(NC(=O)NCC3(CO)CN(C(=O)OC(C)(C)C)C3)cc2c(=O)[nH]1. The Hall–Kier alpha value is -3.14. The van der Waals surface area contributed by atoms with E-state index >= 15 is 0 Å². The van der Waals surface area contributed by atoms with Crippen LogP contribution in [-0.2, 0) is 4.74 Å². The van der Waals surface area contributed by atoms with Gasteiger partial charge in [-0.3, -0.25) is 4.79 Å². The lowest BCUT2D eigenvalue weighted by Crippen LogP contribution is -2.64. The molecule has 0 spiro atoms. The summed E-state index contributed by atoms with van der Waals surface area (Å²) in [5, 5.41) is 15.5. The van der Waals surface area contributed by atoms with Crippen LogP contribution in [0.3, 0.4) is 0 Å². The van der Waals surface area contributed by atoms with Crippen LogP contribution in [0.4, 0.5) is 15.3 Å². The summed E-state index contributed by atoms with van der Waals surface area (Å²) in [6.45, 7) is 7.63. The van der Waals surface area contributed by atoms with E-state index < -0.39 is 23.1 Å². The molecule has 30 heavy (non-hydrogen) atoms. The monoisotopic (exact) mass is 417 g/mol. The second-order valence-corrected chi connectivity index (χ2v) is 8.69. The molecule has 1 aromatic heterocycles. The number of aryl methyl sites for hydroxylation is 1. The van der Waals surface area contributed by atoms with E-state index in [-0.39, 0.29) is 31.8 Å². The standard InChI is InChI=1S/C20H27N5O5/c1-12-22-15-6-5-13(7-14(15)16(27)23-12)24-17(28)21-8-20(11-26)9-25(10-20)18(29)30-19(2,3)4/h5-7,26H,8-11H2,1-4H3,(H2,21,24,28)(H,22,23,27). The number of amides is 3. The number of fused-ring (bicyclic) bond motifs is 1. The van der Waals surface area contributed by atoms with Gasteiger partial charge in [-0.15, -0.1) is 0 Å². The molecular weight excluding hydrogens is 390 g/mol. The fourth-order valence-corrected chi connectivity index (χ4v) is 3.26. The lowest BCUT2D eigenvalue weighted by Gasteiger charge is -2.48. The number of nitrogens with one attached hydrogen (secondary N) is 3. The molecule has 2 heterocycles. The Morgan fingerprint density at radius 3 is 2.67 bits per heavy atom. The fraction of sp³-hybridized carbons (Fsp3) is 0.500. The lowest BCUT2D eigenvalue weighted by molar-refractivity contribution is -0.0532. The van der Waals surface area contributed by atoms with Gasteiger partial charge in [0, 0.05) is 30.7 Å². The average Bonchev–Trinajstić information content (AvgIpc) is 2.60. The molecule has 1 aromatic carbocycles. The summed E-state index contributed by atoms with van der Waals surface area (Å²) < 4.78 is 5.31. The molecule has 4 N–H and O–H groups in total. The van der Waals surface area contributed by atoms with Crippen molar-refractivity contribution in [1.29, 1.82) is 0 Å². The summed E-state index contributed by atoms with van der Waals surface area (Å²) in [5.74, 6) is 0.515. The summed E-state index contributed by atoms with van der Waals surface area (Å²) in [4.78, 5) is 44.8. The van der Waals surface area contributed by atoms with Crippen molar-refractivity contribution in [2.45, 2.75) is 33.3 Å². The van der Waals surface area contributed by atoms with Gasteiger partial charge < -0.3 is 30.4 Å². The zero-order valence-corrected chi connectivity index (χ0v) is 17.5. The number of aromatic nitrogens is 2. The molecule has 2 aromatic rings. The number of H-pyrrole nitrogens is 1. The zero-order chi connectivity index (χ0) is 22.1. The van der Waals surface area contributed by atoms with E-state index in [0.29, 0.717) is 22.4 Å². The third-order valence-corrected chi connectivity index (χ3v) is 4.75. The normalized spacial score (nSPS) is 15.4. The van der Waals surface area contributed by atoms with E-state index in [1.807, 2.05) is 0 Å². The van der Waals surface area contributed by atoms with Crippen LogP contribution in [-0.4, -0.2) is 63.9 Å². The number of aliphatic hydroxyl groups excluding tert-OH is 1. The van der Waals surface area contributed by atoms with Gasteiger partial charge in [0.25, 0.3) is 5.56 Å². The summed E-state index contributed by atoms with van der Waals surface area (Å²) in [6.07, 6.45) is -0.443. The smallest absolute Gasteiger partial charge is 0.410 e. The molecule has 1 aliphatic heterocycles. The Morgan fingerprint density at radius 2 is 2.03 bits per heavy atom. The van der Waals surface area contributed by atoms with Crippen molar-refractivity contribution in [3.63, 3.8) is 0 Å². The molecule has 0 radical (unpaired) electrons. The van der Waals surface area contributed by atoms with Gasteiger partial charge in [-0.1, -0.05) is 0 Å². The van der Waals surface area contributed by atoms with Crippen LogP contribution < -0.4 is 16.2 Å². The molecule has 1 aliphatic rings. The number of anilines is 1. The largest absolute Gasteiger partial charge is 0.444 e. The second kappa shape index (κ2) is 7.94. The fourth-order valence-electron chi connectivity index (χ4n) is 3.26. The van der Waals surface area contributed by atoms with Crippen molar-refractivity contribution in [2.24, 2.45) is 5.41 Å². The minimum atomic E-state index is -0.615. The van der Waals surface area contributed by atoms with E-state index in [9.17, 15) is 19.5 Å². The molecule has 0 saturated carbocycles. The molecular formula is C20H27N5O5. The molecule has 0 bridgehead atoms. The molecule has 0 aliphatic carbocycles. The van der Waals surface area contributed by atoms with Gasteiger partial charge in [-0.2, -0.15) is 0 Å². The number of carbonyl (C=O) groups is 2. The highest BCUT2D eigenvalue weighted by Gasteiger charge is 2.46. The van der Waals surface area contributed by atoms with E-state index in [1.165, 1.54) is 4.90 Å². The minimum absolute atomic E-state index is 0.178. The van der Waals surface area contributed by atoms with Gasteiger partial charge in [-0.05, 0) is 45.9 Å². The molecule has 0 atom stereocenters. The van der Waals surface area contributed by atoms with Gasteiger partial charge in [-0.25, -0.2) is 14.6 Å². The zero-order valence-electron chi connectivity index (χ0n) is 17.5. The Morgan fingerprint density at radius 1 is 1.33 bits per heavy atom. The minimum Gasteiger partial charge on any atom is -0.444 e. The Bertz CT molecular complexity index is 1020. The molecule has 3 amide bonds. The maximum Gasteiger partial charge on any atom is 0.410 e. The van der Waals surface area contributed by atoms with Crippen LogP contribution in [0.1, 0.15) is 26.6 Å². The molecule has 10 heteroatoms. The Labute approximate surface area is 173 Å². The van der Waals surface area contributed by atoms with Crippen molar-refractivity contribution in [3.8, 4) is 0 Å². The van der Waals surface area contributed by atoms with Crippen molar-refractivity contribution >= 4 is 28.7 Å². The molecule has 162 valence electrons. The topological polar surface area (TPSA) is 137 Å². The van der Waals surface area contributed by atoms with E-state index in [1.54, 1.807) is 45.9 Å². The first-order chi connectivity index (χ1) is 14.0. The third kappa shape index (κ3) is 4.88. The van der Waals surface area contributed by atoms with E-state index in [0.717, 1.165) is 0 Å². The Balaban J connectivity index is 1.56.